The van der Waals surface area contributed by atoms with Crippen LogP contribution in [0.15, 0.2) is 140 Å². The Hall–Kier alpha value is -6.04. The third-order valence-corrected chi connectivity index (χ3v) is 20.4. The van der Waals surface area contributed by atoms with Gasteiger partial charge in [-0.25, -0.2) is 0 Å². The van der Waals surface area contributed by atoms with Gasteiger partial charge in [-0.15, -0.1) is 11.3 Å². The molecule has 2 bridgehead atoms. The monoisotopic (exact) mass is 1020 g/mol. The second-order valence-corrected chi connectivity index (χ2v) is 29.8. The highest BCUT2D eigenvalue weighted by atomic mass is 32.1. The van der Waals surface area contributed by atoms with Gasteiger partial charge in [-0.3, -0.25) is 0 Å². The van der Waals surface area contributed by atoms with Gasteiger partial charge in [0, 0.05) is 44.5 Å². The summed E-state index contributed by atoms with van der Waals surface area (Å²) in [7, 11) is 0. The zero-order valence-corrected chi connectivity index (χ0v) is 49.0. The summed E-state index contributed by atoms with van der Waals surface area (Å²) in [6.45, 7) is 36.4. The van der Waals surface area contributed by atoms with Crippen LogP contribution in [0.4, 0.5) is 50.5 Å². The Labute approximate surface area is 459 Å². The second kappa shape index (κ2) is 16.3. The van der Waals surface area contributed by atoms with Crippen LogP contribution in [0, 0.1) is 0 Å². The van der Waals surface area contributed by atoms with Crippen molar-refractivity contribution >= 4 is 95.0 Å². The van der Waals surface area contributed by atoms with Crippen LogP contribution in [-0.4, -0.2) is 6.71 Å². The molecule has 2 atom stereocenters. The van der Waals surface area contributed by atoms with Gasteiger partial charge in [0.2, 0.25) is 0 Å². The Bertz CT molecular complexity index is 3620. The SMILES string of the molecule is CC(C)(C)c1cc(N2c3ccc(C(C)(C)C)cc3B3c4c2cc(N(c2ccccc2)c2ccccc2)cc4N(c2ccc4c(c2)C(C)(C)CCC4(C)C)c2sc4cc5c(cc4c23)C2(C)CCC5(C)C2)cc(C(C)(C)C)c1. The number of para-hydroxylation sites is 2. The summed E-state index contributed by atoms with van der Waals surface area (Å²) < 4.78 is 1.42. The number of nitrogens with zero attached hydrogens (tertiary/aromatic N) is 3. The van der Waals surface area contributed by atoms with Crippen LogP contribution >= 0.6 is 11.3 Å². The number of benzene rings is 7. The van der Waals surface area contributed by atoms with Gasteiger partial charge in [-0.2, -0.15) is 0 Å². The molecule has 76 heavy (non-hydrogen) atoms. The molecule has 2 unspecified atom stereocenters. The van der Waals surface area contributed by atoms with Gasteiger partial charge >= 0.3 is 0 Å². The van der Waals surface area contributed by atoms with E-state index in [1.165, 1.54) is 113 Å². The third-order valence-electron chi connectivity index (χ3n) is 19.3. The van der Waals surface area contributed by atoms with Crippen LogP contribution in [0.2, 0.25) is 0 Å². The summed E-state index contributed by atoms with van der Waals surface area (Å²) in [5.74, 6) is 0. The lowest BCUT2D eigenvalue weighted by Gasteiger charge is -2.45. The van der Waals surface area contributed by atoms with E-state index in [1.54, 1.807) is 11.1 Å². The molecule has 0 N–H and O–H groups in total. The maximum absolute atomic E-state index is 2.75. The number of fused-ring (bicyclic) bond motifs is 12. The first-order valence-electron chi connectivity index (χ1n) is 28.5. The highest BCUT2D eigenvalue weighted by Crippen LogP contribution is 2.62. The summed E-state index contributed by atoms with van der Waals surface area (Å²) in [5, 5.41) is 2.79. The van der Waals surface area contributed by atoms with Gasteiger partial charge in [0.25, 0.3) is 6.71 Å². The Morgan fingerprint density at radius 1 is 0.447 bits per heavy atom. The molecule has 386 valence electrons. The van der Waals surface area contributed by atoms with Crippen LogP contribution in [0.25, 0.3) is 10.1 Å². The molecule has 3 heterocycles. The minimum atomic E-state index is -0.0740. The quantitative estimate of drug-likeness (QED) is 0.159. The number of rotatable bonds is 5. The molecule has 3 aliphatic carbocycles. The first-order valence-corrected chi connectivity index (χ1v) is 29.3. The van der Waals surface area contributed by atoms with Crippen LogP contribution in [0.1, 0.15) is 175 Å². The van der Waals surface area contributed by atoms with E-state index in [0.29, 0.717) is 0 Å². The number of thiophene rings is 1. The zero-order valence-electron chi connectivity index (χ0n) is 48.1. The summed E-state index contributed by atoms with van der Waals surface area (Å²) in [5.41, 5.74) is 24.4. The Morgan fingerprint density at radius 2 is 1.00 bits per heavy atom. The second-order valence-electron chi connectivity index (χ2n) is 28.8. The normalized spacial score (nSPS) is 20.8. The molecule has 7 aromatic carbocycles. The number of hydrogen-bond acceptors (Lipinski definition) is 4. The average Bonchev–Trinajstić information content (AvgIpc) is 4.17. The molecule has 0 spiro atoms. The lowest BCUT2D eigenvalue weighted by Crippen LogP contribution is -2.61. The molecule has 1 saturated carbocycles. The maximum atomic E-state index is 2.75. The van der Waals surface area contributed by atoms with Crippen molar-refractivity contribution in [3.8, 4) is 0 Å². The molecule has 13 rings (SSSR count). The van der Waals surface area contributed by atoms with Gasteiger partial charge in [0.15, 0.2) is 0 Å². The van der Waals surface area contributed by atoms with Crippen molar-refractivity contribution < 1.29 is 0 Å². The van der Waals surface area contributed by atoms with E-state index in [9.17, 15) is 0 Å². The summed E-state index contributed by atoms with van der Waals surface area (Å²) in [6.07, 6.45) is 6.13. The summed E-state index contributed by atoms with van der Waals surface area (Å²) in [6, 6.07) is 55.3. The molecule has 0 amide bonds. The Morgan fingerprint density at radius 3 is 1.58 bits per heavy atom. The van der Waals surface area contributed by atoms with Crippen molar-refractivity contribution in [2.24, 2.45) is 0 Å². The smallest absolute Gasteiger partial charge is 0.254 e. The van der Waals surface area contributed by atoms with E-state index >= 15 is 0 Å². The van der Waals surface area contributed by atoms with Crippen molar-refractivity contribution in [3.05, 3.63) is 178 Å². The van der Waals surface area contributed by atoms with Crippen molar-refractivity contribution in [1.82, 2.24) is 0 Å². The Balaban J connectivity index is 1.21. The van der Waals surface area contributed by atoms with Crippen molar-refractivity contribution in [1.29, 1.82) is 0 Å². The Kier molecular flexibility index (Phi) is 10.6. The largest absolute Gasteiger partial charge is 0.311 e. The first-order chi connectivity index (χ1) is 35.7. The van der Waals surface area contributed by atoms with Gasteiger partial charge in [0.1, 0.15) is 0 Å². The molecule has 8 aromatic rings. The molecule has 2 aliphatic heterocycles. The van der Waals surface area contributed by atoms with E-state index in [2.05, 4.69) is 258 Å². The molecule has 0 saturated heterocycles. The molecule has 3 nitrogen and oxygen atoms in total. The molecule has 5 heteroatoms. The minimum absolute atomic E-state index is 0.0181. The predicted octanol–water partition coefficient (Wildman–Crippen LogP) is 18.4. The van der Waals surface area contributed by atoms with Gasteiger partial charge in [-0.1, -0.05) is 165 Å². The maximum Gasteiger partial charge on any atom is 0.254 e. The first kappa shape index (κ1) is 49.5. The summed E-state index contributed by atoms with van der Waals surface area (Å²) in [4.78, 5) is 7.93. The highest BCUT2D eigenvalue weighted by Gasteiger charge is 2.54. The van der Waals surface area contributed by atoms with Crippen LogP contribution in [0.3, 0.4) is 0 Å². The highest BCUT2D eigenvalue weighted by molar-refractivity contribution is 7.26. The van der Waals surface area contributed by atoms with Crippen LogP contribution in [-0.2, 0) is 37.9 Å². The molecular weight excluding hydrogens is 938 g/mol. The topological polar surface area (TPSA) is 9.72 Å². The van der Waals surface area contributed by atoms with Crippen LogP contribution < -0.4 is 31.1 Å². The minimum Gasteiger partial charge on any atom is -0.311 e. The fraction of sp³-hybridized carbons (Fsp3) is 0.380. The van der Waals surface area contributed by atoms with Gasteiger partial charge < -0.3 is 14.7 Å². The van der Waals surface area contributed by atoms with Crippen molar-refractivity contribution in [2.75, 3.05) is 14.7 Å². The third kappa shape index (κ3) is 7.47. The van der Waals surface area contributed by atoms with E-state index in [0.717, 1.165) is 23.5 Å². The predicted molar refractivity (Wildman–Crippen MR) is 330 cm³/mol. The van der Waals surface area contributed by atoms with Crippen molar-refractivity contribution in [3.63, 3.8) is 0 Å². The van der Waals surface area contributed by atoms with Gasteiger partial charge in [-0.05, 0) is 210 Å². The lowest BCUT2D eigenvalue weighted by molar-refractivity contribution is 0.332. The molecule has 0 radical (unpaired) electrons. The zero-order chi connectivity index (χ0) is 53.4. The molecule has 5 aliphatic rings. The standard InChI is InChI=1S/C71H78BN3S/c1-65(2,3)44-26-29-58-57(37-44)72-62-52-41-55-56(71(15)33-32-70(55,14)43-71)42-61(52)76-64(62)75(49-27-28-53-54(38-49)69(12,13)31-30-68(53,10)11)60-40-51(73(47-22-18-16-19-23-47)48-24-20-17-21-25-48)39-59(63(60)72)74(58)50-35-45(66(4,5)6)34-46(36-50)67(7,8)9/h16-29,34-42H,30-33,43H2,1-15H3. The van der Waals surface area contributed by atoms with Crippen molar-refractivity contribution in [2.45, 2.75) is 174 Å². The summed E-state index contributed by atoms with van der Waals surface area (Å²) >= 11 is 2.04. The molecule has 1 fully saturated rings. The number of hydrogen-bond donors (Lipinski definition) is 0. The van der Waals surface area contributed by atoms with E-state index < -0.39 is 0 Å². The molecule has 1 aromatic heterocycles. The van der Waals surface area contributed by atoms with E-state index in [1.807, 2.05) is 11.3 Å². The molecular formula is C71H78BN3S. The fourth-order valence-corrected chi connectivity index (χ4v) is 16.0. The van der Waals surface area contributed by atoms with E-state index in [-0.39, 0.29) is 44.6 Å². The fourth-order valence-electron chi connectivity index (χ4n) is 14.7. The number of anilines is 9. The van der Waals surface area contributed by atoms with Gasteiger partial charge in [0.05, 0.1) is 10.7 Å². The average molecular weight is 1020 g/mol. The van der Waals surface area contributed by atoms with E-state index in [4.69, 9.17) is 0 Å². The lowest BCUT2D eigenvalue weighted by atomic mass is 9.33. The van der Waals surface area contributed by atoms with Crippen LogP contribution in [0.5, 0.6) is 0 Å².